The van der Waals surface area contributed by atoms with Crippen molar-refractivity contribution >= 4 is 17.7 Å². The third-order valence-electron chi connectivity index (χ3n) is 6.42. The molecule has 3 aliphatic heterocycles. The number of nitrogens with zero attached hydrogens (tertiary/aromatic N) is 3. The van der Waals surface area contributed by atoms with Gasteiger partial charge in [-0.3, -0.25) is 24.2 Å². The first-order valence-electron chi connectivity index (χ1n) is 10.6. The molecule has 0 spiro atoms. The molecule has 8 heteroatoms. The molecule has 0 aromatic heterocycles. The van der Waals surface area contributed by atoms with Crippen LogP contribution in [0.5, 0.6) is 11.5 Å². The Kier molecular flexibility index (Phi) is 5.94. The van der Waals surface area contributed by atoms with Crippen LogP contribution < -0.4 is 9.47 Å². The van der Waals surface area contributed by atoms with Gasteiger partial charge in [0.25, 0.3) is 0 Å². The van der Waals surface area contributed by atoms with Crippen molar-refractivity contribution in [3.8, 4) is 11.5 Å². The Morgan fingerprint density at radius 2 is 1.73 bits per heavy atom. The zero-order valence-electron chi connectivity index (χ0n) is 17.6. The fourth-order valence-electron chi connectivity index (χ4n) is 4.85. The van der Waals surface area contributed by atoms with Gasteiger partial charge in [-0.05, 0) is 31.0 Å². The summed E-state index contributed by atoms with van der Waals surface area (Å²) >= 11 is 0. The minimum absolute atomic E-state index is 0.0714. The molecule has 1 aromatic rings. The first-order chi connectivity index (χ1) is 14.5. The summed E-state index contributed by atoms with van der Waals surface area (Å²) in [6.45, 7) is 3.54. The molecule has 0 aliphatic carbocycles. The SMILES string of the molecule is COc1ccc(OC)c(CN2C[C@@H]3C(=O)N(CCCN4CCCC4=O)C(=O)[C@@H]3C2)c1. The van der Waals surface area contributed by atoms with Crippen LogP contribution in [-0.4, -0.2) is 79.4 Å². The van der Waals surface area contributed by atoms with E-state index in [0.717, 1.165) is 30.0 Å². The van der Waals surface area contributed by atoms with Crippen molar-refractivity contribution in [1.29, 1.82) is 0 Å². The van der Waals surface area contributed by atoms with Crippen LogP contribution >= 0.6 is 0 Å². The van der Waals surface area contributed by atoms with Crippen LogP contribution in [0.4, 0.5) is 0 Å². The molecule has 0 saturated carbocycles. The summed E-state index contributed by atoms with van der Waals surface area (Å²) in [6, 6.07) is 5.65. The molecule has 3 heterocycles. The van der Waals surface area contributed by atoms with Crippen molar-refractivity contribution < 1.29 is 23.9 Å². The molecule has 3 saturated heterocycles. The molecule has 0 N–H and O–H groups in total. The summed E-state index contributed by atoms with van der Waals surface area (Å²) in [7, 11) is 3.25. The van der Waals surface area contributed by atoms with E-state index in [1.807, 2.05) is 23.1 Å². The second kappa shape index (κ2) is 8.63. The van der Waals surface area contributed by atoms with Crippen molar-refractivity contribution in [2.24, 2.45) is 11.8 Å². The Labute approximate surface area is 176 Å². The lowest BCUT2D eigenvalue weighted by Crippen LogP contribution is -2.38. The molecule has 3 amide bonds. The van der Waals surface area contributed by atoms with E-state index in [0.29, 0.717) is 45.6 Å². The predicted octanol–water partition coefficient (Wildman–Crippen LogP) is 1.13. The van der Waals surface area contributed by atoms with E-state index in [9.17, 15) is 14.4 Å². The Balaban J connectivity index is 1.34. The fraction of sp³-hybridized carbons (Fsp3) is 0.591. The highest BCUT2D eigenvalue weighted by Gasteiger charge is 2.52. The molecule has 1 aromatic carbocycles. The van der Waals surface area contributed by atoms with Crippen molar-refractivity contribution in [1.82, 2.24) is 14.7 Å². The Morgan fingerprint density at radius 1 is 1.00 bits per heavy atom. The number of carbonyl (C=O) groups excluding carboxylic acids is 3. The summed E-state index contributed by atoms with van der Waals surface area (Å²) in [4.78, 5) is 42.8. The van der Waals surface area contributed by atoms with E-state index in [4.69, 9.17) is 9.47 Å². The molecule has 2 atom stereocenters. The molecule has 162 valence electrons. The molecular formula is C22H29N3O5. The van der Waals surface area contributed by atoms with Gasteiger partial charge >= 0.3 is 0 Å². The minimum Gasteiger partial charge on any atom is -0.497 e. The first-order valence-corrected chi connectivity index (χ1v) is 10.6. The van der Waals surface area contributed by atoms with Gasteiger partial charge in [-0.2, -0.15) is 0 Å². The third-order valence-corrected chi connectivity index (χ3v) is 6.42. The number of carbonyl (C=O) groups is 3. The number of likely N-dealkylation sites (tertiary alicyclic amines) is 3. The first kappa shape index (κ1) is 20.7. The summed E-state index contributed by atoms with van der Waals surface area (Å²) < 4.78 is 10.8. The summed E-state index contributed by atoms with van der Waals surface area (Å²) in [5, 5.41) is 0. The van der Waals surface area contributed by atoms with E-state index in [2.05, 4.69) is 4.90 Å². The summed E-state index contributed by atoms with van der Waals surface area (Å²) in [5.74, 6) is 0.999. The number of hydrogen-bond acceptors (Lipinski definition) is 6. The van der Waals surface area contributed by atoms with Crippen LogP contribution in [0.15, 0.2) is 18.2 Å². The standard InChI is InChI=1S/C22H29N3O5/c1-29-16-6-7-19(30-2)15(11-16)12-23-13-17-18(14-23)22(28)25(21(17)27)10-4-9-24-8-3-5-20(24)26/h6-7,11,17-18H,3-5,8-10,12-14H2,1-2H3/t17-,18+. The highest BCUT2D eigenvalue weighted by atomic mass is 16.5. The molecule has 3 aliphatic rings. The normalized spacial score (nSPS) is 24.1. The molecule has 3 fully saturated rings. The highest BCUT2D eigenvalue weighted by molar-refractivity contribution is 6.05. The summed E-state index contributed by atoms with van der Waals surface area (Å²) in [5.41, 5.74) is 0.976. The maximum Gasteiger partial charge on any atom is 0.234 e. The van der Waals surface area contributed by atoms with Gasteiger partial charge in [0.15, 0.2) is 0 Å². The van der Waals surface area contributed by atoms with Crippen molar-refractivity contribution in [2.45, 2.75) is 25.8 Å². The fourth-order valence-corrected chi connectivity index (χ4v) is 4.85. The van der Waals surface area contributed by atoms with Crippen LogP contribution in [0, 0.1) is 11.8 Å². The molecule has 0 unspecified atom stereocenters. The Morgan fingerprint density at radius 3 is 2.33 bits per heavy atom. The van der Waals surface area contributed by atoms with Gasteiger partial charge in [0, 0.05) is 51.3 Å². The maximum atomic E-state index is 12.9. The number of rotatable bonds is 8. The quantitative estimate of drug-likeness (QED) is 0.593. The smallest absolute Gasteiger partial charge is 0.234 e. The number of ether oxygens (including phenoxy) is 2. The van der Waals surface area contributed by atoms with Gasteiger partial charge in [-0.15, -0.1) is 0 Å². The second-order valence-electron chi connectivity index (χ2n) is 8.25. The van der Waals surface area contributed by atoms with Crippen molar-refractivity contribution in [3.05, 3.63) is 23.8 Å². The molecule has 8 nitrogen and oxygen atoms in total. The number of methoxy groups -OCH3 is 2. The van der Waals surface area contributed by atoms with Crippen molar-refractivity contribution in [2.75, 3.05) is 46.9 Å². The number of benzene rings is 1. The average molecular weight is 415 g/mol. The summed E-state index contributed by atoms with van der Waals surface area (Å²) in [6.07, 6.45) is 2.16. The van der Waals surface area contributed by atoms with E-state index >= 15 is 0 Å². The number of hydrogen-bond donors (Lipinski definition) is 0. The maximum absolute atomic E-state index is 12.9. The largest absolute Gasteiger partial charge is 0.497 e. The van der Waals surface area contributed by atoms with Crippen LogP contribution in [0.25, 0.3) is 0 Å². The van der Waals surface area contributed by atoms with Crippen LogP contribution in [-0.2, 0) is 20.9 Å². The van der Waals surface area contributed by atoms with Gasteiger partial charge in [0.2, 0.25) is 17.7 Å². The average Bonchev–Trinajstić information content (AvgIpc) is 3.41. The van der Waals surface area contributed by atoms with Crippen LogP contribution in [0.2, 0.25) is 0 Å². The lowest BCUT2D eigenvalue weighted by atomic mass is 10.00. The molecule has 0 radical (unpaired) electrons. The topological polar surface area (TPSA) is 79.4 Å². The van der Waals surface area contributed by atoms with Crippen LogP contribution in [0.3, 0.4) is 0 Å². The number of fused-ring (bicyclic) bond motifs is 1. The van der Waals surface area contributed by atoms with Crippen molar-refractivity contribution in [3.63, 3.8) is 0 Å². The molecule has 30 heavy (non-hydrogen) atoms. The monoisotopic (exact) mass is 415 g/mol. The van der Waals surface area contributed by atoms with Gasteiger partial charge in [0.1, 0.15) is 11.5 Å². The Bertz CT molecular complexity index is 818. The number of amides is 3. The zero-order valence-corrected chi connectivity index (χ0v) is 17.6. The number of imide groups is 1. The van der Waals surface area contributed by atoms with Crippen LogP contribution in [0.1, 0.15) is 24.8 Å². The van der Waals surface area contributed by atoms with E-state index in [-0.39, 0.29) is 29.6 Å². The molecule has 0 bridgehead atoms. The van der Waals surface area contributed by atoms with E-state index < -0.39 is 0 Å². The lowest BCUT2D eigenvalue weighted by Gasteiger charge is -2.22. The van der Waals surface area contributed by atoms with Gasteiger partial charge in [-0.1, -0.05) is 0 Å². The lowest BCUT2D eigenvalue weighted by molar-refractivity contribution is -0.140. The van der Waals surface area contributed by atoms with E-state index in [1.54, 1.807) is 14.2 Å². The molecular weight excluding hydrogens is 386 g/mol. The predicted molar refractivity (Wildman–Crippen MR) is 109 cm³/mol. The highest BCUT2D eigenvalue weighted by Crippen LogP contribution is 2.35. The van der Waals surface area contributed by atoms with Gasteiger partial charge in [0.05, 0.1) is 26.1 Å². The van der Waals surface area contributed by atoms with Gasteiger partial charge in [-0.25, -0.2) is 0 Å². The molecule has 4 rings (SSSR count). The van der Waals surface area contributed by atoms with Gasteiger partial charge < -0.3 is 14.4 Å². The third kappa shape index (κ3) is 3.88. The minimum atomic E-state index is -0.275. The second-order valence-corrected chi connectivity index (χ2v) is 8.25. The zero-order chi connectivity index (χ0) is 21.3. The van der Waals surface area contributed by atoms with E-state index in [1.165, 1.54) is 4.90 Å². The Hall–Kier alpha value is -2.61.